The van der Waals surface area contributed by atoms with E-state index in [2.05, 4.69) is 10.3 Å². The van der Waals surface area contributed by atoms with Gasteiger partial charge in [-0.05, 0) is 83.4 Å². The number of benzene rings is 3. The van der Waals surface area contributed by atoms with Gasteiger partial charge in [0.25, 0.3) is 0 Å². The Balaban J connectivity index is 1.61. The number of fused-ring (bicyclic) bond motifs is 1. The predicted octanol–water partition coefficient (Wildman–Crippen LogP) is 4.51. The van der Waals surface area contributed by atoms with Crippen LogP contribution in [0, 0.1) is 11.7 Å². The summed E-state index contributed by atoms with van der Waals surface area (Å²) in [5.74, 6) is -2.05. The molecule has 2 unspecified atom stereocenters. The van der Waals surface area contributed by atoms with Crippen molar-refractivity contribution >= 4 is 45.2 Å². The number of carbonyl (C=O) groups excluding carboxylic acids is 2. The first-order valence-corrected chi connectivity index (χ1v) is 14.7. The van der Waals surface area contributed by atoms with Gasteiger partial charge in [0.2, 0.25) is 5.91 Å². The van der Waals surface area contributed by atoms with E-state index in [9.17, 15) is 22.7 Å². The highest BCUT2D eigenvalue weighted by Gasteiger charge is 2.45. The van der Waals surface area contributed by atoms with E-state index in [-0.39, 0.29) is 30.2 Å². The lowest BCUT2D eigenvalue weighted by Gasteiger charge is -2.33. The molecule has 0 radical (unpaired) electrons. The van der Waals surface area contributed by atoms with Crippen LogP contribution < -0.4 is 15.8 Å². The largest absolute Gasteiger partial charge is 0.768 e. The standard InChI is InChI=1S/C31H31FN4O6S/c1-3-42-25-17-19(8-11-24(25)32)27(35-20-9-10-21-18(16-20)12-14-34-29(21)33)30(37)36-15-13-23(31(38)41-2)28(36)22-6-4-5-7-26(22)43(39)40/h4-12,14,16-17,23,27-28,35H,3,13,15H2,1-2H3,(H2,33,34)(H,39,40)/p-1/t23-,27?,28-/m0/s1. The second-order valence-corrected chi connectivity index (χ2v) is 10.9. The highest BCUT2D eigenvalue weighted by molar-refractivity contribution is 7.79. The molecular weight excluding hydrogens is 575 g/mol. The highest BCUT2D eigenvalue weighted by atomic mass is 32.2. The van der Waals surface area contributed by atoms with Gasteiger partial charge in [-0.3, -0.25) is 13.8 Å². The maximum atomic E-state index is 14.6. The molecule has 4 aromatic rings. The van der Waals surface area contributed by atoms with Crippen LogP contribution >= 0.6 is 0 Å². The molecule has 12 heteroatoms. The van der Waals surface area contributed by atoms with Crippen LogP contribution in [0.1, 0.15) is 36.6 Å². The van der Waals surface area contributed by atoms with E-state index >= 15 is 0 Å². The molecule has 0 saturated carbocycles. The second-order valence-electron chi connectivity index (χ2n) is 10.00. The van der Waals surface area contributed by atoms with E-state index in [1.165, 1.54) is 36.3 Å². The Kier molecular flexibility index (Phi) is 8.88. The van der Waals surface area contributed by atoms with Crippen LogP contribution in [0.25, 0.3) is 10.8 Å². The Morgan fingerprint density at radius 2 is 1.98 bits per heavy atom. The van der Waals surface area contributed by atoms with E-state index in [1.807, 2.05) is 6.07 Å². The lowest BCUT2D eigenvalue weighted by Crippen LogP contribution is -2.39. The van der Waals surface area contributed by atoms with Gasteiger partial charge in [0.15, 0.2) is 11.6 Å². The average molecular weight is 606 g/mol. The molecule has 10 nitrogen and oxygen atoms in total. The summed E-state index contributed by atoms with van der Waals surface area (Å²) in [6, 6.07) is 15.6. The molecule has 1 aliphatic heterocycles. The molecule has 2 heterocycles. The van der Waals surface area contributed by atoms with Crippen molar-refractivity contribution in [1.29, 1.82) is 0 Å². The maximum Gasteiger partial charge on any atom is 0.311 e. The maximum absolute atomic E-state index is 14.6. The predicted molar refractivity (Wildman–Crippen MR) is 158 cm³/mol. The number of rotatable bonds is 9. The number of ether oxygens (including phenoxy) is 2. The first kappa shape index (κ1) is 29.9. The number of nitrogens with two attached hydrogens (primary N) is 1. The number of esters is 1. The van der Waals surface area contributed by atoms with Crippen molar-refractivity contribution in [2.24, 2.45) is 5.92 Å². The number of anilines is 2. The SMILES string of the molecule is CCOc1cc(C(Nc2ccc3c(N)nccc3c2)C(=O)N2CC[C@H](C(=O)OC)[C@@H]2c2ccccc2S(=O)[O-])ccc1F. The van der Waals surface area contributed by atoms with Crippen molar-refractivity contribution in [2.75, 3.05) is 31.3 Å². The van der Waals surface area contributed by atoms with Crippen LogP contribution in [-0.2, 0) is 25.4 Å². The fourth-order valence-corrected chi connectivity index (χ4v) is 6.15. The summed E-state index contributed by atoms with van der Waals surface area (Å²) in [6.45, 7) is 2.09. The molecule has 43 heavy (non-hydrogen) atoms. The molecular formula is C31H30FN4O6S-. The molecule has 1 aromatic heterocycles. The highest BCUT2D eigenvalue weighted by Crippen LogP contribution is 2.42. The van der Waals surface area contributed by atoms with Crippen molar-refractivity contribution < 1.29 is 32.2 Å². The van der Waals surface area contributed by atoms with E-state index in [4.69, 9.17) is 15.2 Å². The molecule has 0 spiro atoms. The number of nitrogens with zero attached hydrogens (tertiary/aromatic N) is 2. The lowest BCUT2D eigenvalue weighted by atomic mass is 9.93. The molecule has 5 rings (SSSR count). The summed E-state index contributed by atoms with van der Waals surface area (Å²) < 4.78 is 49.4. The van der Waals surface area contributed by atoms with Gasteiger partial charge >= 0.3 is 5.97 Å². The molecule has 4 atom stereocenters. The van der Waals surface area contributed by atoms with Crippen LogP contribution in [0.5, 0.6) is 5.75 Å². The van der Waals surface area contributed by atoms with Gasteiger partial charge in [-0.1, -0.05) is 24.3 Å². The number of carbonyl (C=O) groups is 2. The number of likely N-dealkylation sites (tertiary alicyclic amines) is 1. The quantitative estimate of drug-likeness (QED) is 0.208. The minimum absolute atomic E-state index is 0.0190. The second kappa shape index (κ2) is 12.8. The van der Waals surface area contributed by atoms with E-state index in [0.29, 0.717) is 22.6 Å². The Morgan fingerprint density at radius 1 is 1.19 bits per heavy atom. The van der Waals surface area contributed by atoms with Crippen LogP contribution in [-0.4, -0.2) is 50.8 Å². The van der Waals surface area contributed by atoms with Gasteiger partial charge in [-0.25, -0.2) is 9.37 Å². The van der Waals surface area contributed by atoms with Gasteiger partial charge in [0.05, 0.1) is 25.7 Å². The first-order valence-electron chi connectivity index (χ1n) is 13.6. The minimum Gasteiger partial charge on any atom is -0.768 e. The van der Waals surface area contributed by atoms with E-state index in [1.54, 1.807) is 49.5 Å². The zero-order valence-electron chi connectivity index (χ0n) is 23.5. The van der Waals surface area contributed by atoms with E-state index < -0.39 is 46.8 Å². The zero-order valence-corrected chi connectivity index (χ0v) is 24.3. The van der Waals surface area contributed by atoms with Crippen LogP contribution in [0.4, 0.5) is 15.9 Å². The van der Waals surface area contributed by atoms with Crippen molar-refractivity contribution in [2.45, 2.75) is 30.3 Å². The number of amides is 1. The normalized spacial score (nSPS) is 17.8. The van der Waals surface area contributed by atoms with Crippen LogP contribution in [0.2, 0.25) is 0 Å². The van der Waals surface area contributed by atoms with Crippen LogP contribution in [0.15, 0.2) is 77.8 Å². The number of halogens is 1. The number of nitrogen functional groups attached to an aromatic ring is 1. The third-order valence-electron chi connectivity index (χ3n) is 7.54. The average Bonchev–Trinajstić information content (AvgIpc) is 3.45. The summed E-state index contributed by atoms with van der Waals surface area (Å²) in [6.07, 6.45) is 1.84. The fourth-order valence-electron chi connectivity index (χ4n) is 5.58. The van der Waals surface area contributed by atoms with Crippen molar-refractivity contribution in [3.8, 4) is 5.75 Å². The monoisotopic (exact) mass is 605 g/mol. The first-order chi connectivity index (χ1) is 20.7. The number of hydrogen-bond acceptors (Lipinski definition) is 9. The van der Waals surface area contributed by atoms with Crippen molar-refractivity contribution in [3.05, 3.63) is 89.9 Å². The van der Waals surface area contributed by atoms with Crippen molar-refractivity contribution in [1.82, 2.24) is 9.88 Å². The van der Waals surface area contributed by atoms with Gasteiger partial charge in [-0.15, -0.1) is 0 Å². The van der Waals surface area contributed by atoms with Crippen molar-refractivity contribution in [3.63, 3.8) is 0 Å². The molecule has 3 N–H and O–H groups in total. The number of nitrogens with one attached hydrogen (secondary N) is 1. The number of hydrogen-bond donors (Lipinski definition) is 2. The van der Waals surface area contributed by atoms with Gasteiger partial charge in [-0.2, -0.15) is 0 Å². The number of methoxy groups -OCH3 is 1. The Bertz CT molecular complexity index is 1700. The summed E-state index contributed by atoms with van der Waals surface area (Å²) in [4.78, 5) is 33.0. The lowest BCUT2D eigenvalue weighted by molar-refractivity contribution is -0.147. The van der Waals surface area contributed by atoms with Gasteiger partial charge in [0.1, 0.15) is 11.9 Å². The van der Waals surface area contributed by atoms with Gasteiger partial charge in [0, 0.05) is 28.7 Å². The Morgan fingerprint density at radius 3 is 2.72 bits per heavy atom. The third kappa shape index (κ3) is 6.02. The minimum atomic E-state index is -2.63. The zero-order chi connectivity index (χ0) is 30.7. The third-order valence-corrected chi connectivity index (χ3v) is 8.27. The molecule has 0 bridgehead atoms. The Hall–Kier alpha value is -4.55. The van der Waals surface area contributed by atoms with Crippen LogP contribution in [0.3, 0.4) is 0 Å². The summed E-state index contributed by atoms with van der Waals surface area (Å²) in [5, 5.41) is 4.79. The molecule has 1 fully saturated rings. The molecule has 224 valence electrons. The number of pyridine rings is 1. The molecule has 1 saturated heterocycles. The van der Waals surface area contributed by atoms with Gasteiger partial charge < -0.3 is 30.0 Å². The Labute approximate surface area is 250 Å². The molecule has 1 aliphatic rings. The summed E-state index contributed by atoms with van der Waals surface area (Å²) in [5.41, 5.74) is 7.30. The fraction of sp³-hybridized carbons (Fsp3) is 0.258. The summed E-state index contributed by atoms with van der Waals surface area (Å²) in [7, 11) is 1.25. The van der Waals surface area contributed by atoms with E-state index in [0.717, 1.165) is 10.8 Å². The summed E-state index contributed by atoms with van der Waals surface area (Å²) >= 11 is -2.63. The molecule has 0 aliphatic carbocycles. The smallest absolute Gasteiger partial charge is 0.311 e. The topological polar surface area (TPSA) is 147 Å². The number of aromatic nitrogens is 1. The molecule has 3 aromatic carbocycles. The molecule has 1 amide bonds.